The van der Waals surface area contributed by atoms with Crippen LogP contribution in [0.5, 0.6) is 11.5 Å². The molecule has 0 bridgehead atoms. The van der Waals surface area contributed by atoms with Crippen molar-refractivity contribution in [1.82, 2.24) is 14.8 Å². The van der Waals surface area contributed by atoms with E-state index in [0.29, 0.717) is 17.2 Å². The van der Waals surface area contributed by atoms with Crippen molar-refractivity contribution in [3.63, 3.8) is 0 Å². The van der Waals surface area contributed by atoms with Crippen LogP contribution >= 0.6 is 0 Å². The first-order valence-corrected chi connectivity index (χ1v) is 7.15. The summed E-state index contributed by atoms with van der Waals surface area (Å²) in [6.07, 6.45) is 1.34. The molecule has 7 nitrogen and oxygen atoms in total. The summed E-state index contributed by atoms with van der Waals surface area (Å²) in [5.41, 5.74) is 0.606. The Morgan fingerprint density at radius 3 is 2.71 bits per heavy atom. The molecule has 0 radical (unpaired) electrons. The van der Waals surface area contributed by atoms with Crippen molar-refractivity contribution in [2.45, 2.75) is 6.54 Å². The van der Waals surface area contributed by atoms with Gasteiger partial charge >= 0.3 is 0 Å². The lowest BCUT2D eigenvalue weighted by Crippen LogP contribution is -2.19. The molecule has 0 fully saturated rings. The van der Waals surface area contributed by atoms with Crippen LogP contribution in [0, 0.1) is 11.3 Å². The summed E-state index contributed by atoms with van der Waals surface area (Å²) in [5.74, 6) is 1.08. The zero-order chi connectivity index (χ0) is 16.8. The maximum absolute atomic E-state index is 12.0. The zero-order valence-corrected chi connectivity index (χ0v) is 12.6. The highest BCUT2D eigenvalue weighted by Crippen LogP contribution is 2.23. The fourth-order valence-electron chi connectivity index (χ4n) is 2.03. The van der Waals surface area contributed by atoms with E-state index in [4.69, 9.17) is 10.00 Å². The number of benzene rings is 2. The van der Waals surface area contributed by atoms with Crippen molar-refractivity contribution < 1.29 is 9.53 Å². The Morgan fingerprint density at radius 2 is 1.96 bits per heavy atom. The van der Waals surface area contributed by atoms with E-state index in [-0.39, 0.29) is 18.3 Å². The standard InChI is InChI=1S/C17H13N5O2/c18-10-16-19-12-22(21-16)11-17(23)20-13-5-4-8-15(9-13)24-14-6-2-1-3-7-14/h1-9,12H,11H2,(H,20,23). The van der Waals surface area contributed by atoms with E-state index in [1.54, 1.807) is 24.3 Å². The molecule has 0 aliphatic rings. The molecule has 3 rings (SSSR count). The lowest BCUT2D eigenvalue weighted by Gasteiger charge is -2.09. The number of ether oxygens (including phenoxy) is 1. The average molecular weight is 319 g/mol. The molecule has 0 aliphatic carbocycles. The van der Waals surface area contributed by atoms with Gasteiger partial charge in [0.15, 0.2) is 0 Å². The molecular formula is C17H13N5O2. The fourth-order valence-corrected chi connectivity index (χ4v) is 2.03. The molecule has 0 saturated heterocycles. The third-order valence-electron chi connectivity index (χ3n) is 3.04. The summed E-state index contributed by atoms with van der Waals surface area (Å²) in [4.78, 5) is 15.8. The van der Waals surface area contributed by atoms with E-state index in [9.17, 15) is 4.79 Å². The number of aromatic nitrogens is 3. The molecule has 1 heterocycles. The monoisotopic (exact) mass is 319 g/mol. The Balaban J connectivity index is 1.63. The number of nitrogens with one attached hydrogen (secondary N) is 1. The van der Waals surface area contributed by atoms with Gasteiger partial charge < -0.3 is 10.1 Å². The topological polar surface area (TPSA) is 92.8 Å². The van der Waals surface area contributed by atoms with Gasteiger partial charge in [-0.15, -0.1) is 5.10 Å². The minimum absolute atomic E-state index is 0.0288. The largest absolute Gasteiger partial charge is 0.457 e. The van der Waals surface area contributed by atoms with Crippen molar-refractivity contribution >= 4 is 11.6 Å². The van der Waals surface area contributed by atoms with Gasteiger partial charge in [-0.25, -0.2) is 9.67 Å². The normalized spacial score (nSPS) is 9.96. The van der Waals surface area contributed by atoms with Crippen LogP contribution in [0.3, 0.4) is 0 Å². The van der Waals surface area contributed by atoms with Crippen LogP contribution in [0.25, 0.3) is 0 Å². The molecule has 3 aromatic rings. The molecule has 24 heavy (non-hydrogen) atoms. The van der Waals surface area contributed by atoms with Gasteiger partial charge in [-0.2, -0.15) is 5.26 Å². The number of para-hydroxylation sites is 1. The molecule has 0 aliphatic heterocycles. The van der Waals surface area contributed by atoms with Crippen LogP contribution in [-0.2, 0) is 11.3 Å². The summed E-state index contributed by atoms with van der Waals surface area (Å²) in [6.45, 7) is -0.0293. The predicted molar refractivity (Wildman–Crippen MR) is 86.3 cm³/mol. The SMILES string of the molecule is N#Cc1ncn(CC(=O)Nc2cccc(Oc3ccccc3)c2)n1. The van der Waals surface area contributed by atoms with E-state index in [1.807, 2.05) is 36.4 Å². The van der Waals surface area contributed by atoms with Crippen molar-refractivity contribution in [1.29, 1.82) is 5.26 Å². The molecule has 7 heteroatoms. The number of anilines is 1. The van der Waals surface area contributed by atoms with Crippen LogP contribution < -0.4 is 10.1 Å². The highest BCUT2D eigenvalue weighted by molar-refractivity contribution is 5.90. The number of hydrogen-bond acceptors (Lipinski definition) is 5. The van der Waals surface area contributed by atoms with Gasteiger partial charge in [0, 0.05) is 11.8 Å². The van der Waals surface area contributed by atoms with E-state index >= 15 is 0 Å². The highest BCUT2D eigenvalue weighted by atomic mass is 16.5. The number of amides is 1. The van der Waals surface area contributed by atoms with Crippen LogP contribution in [0.1, 0.15) is 5.82 Å². The number of rotatable bonds is 5. The highest BCUT2D eigenvalue weighted by Gasteiger charge is 2.07. The smallest absolute Gasteiger partial charge is 0.252 e. The second-order valence-corrected chi connectivity index (χ2v) is 4.87. The van der Waals surface area contributed by atoms with E-state index in [2.05, 4.69) is 15.4 Å². The lowest BCUT2D eigenvalue weighted by molar-refractivity contribution is -0.116. The number of nitriles is 1. The van der Waals surface area contributed by atoms with Gasteiger partial charge in [0.1, 0.15) is 30.4 Å². The molecule has 0 unspecified atom stereocenters. The molecule has 118 valence electrons. The first-order chi connectivity index (χ1) is 11.7. The summed E-state index contributed by atoms with van der Waals surface area (Å²) >= 11 is 0. The molecule has 1 N–H and O–H groups in total. The summed E-state index contributed by atoms with van der Waals surface area (Å²) in [7, 11) is 0. The Kier molecular flexibility index (Phi) is 4.49. The molecule has 0 spiro atoms. The molecule has 1 aromatic heterocycles. The molecule has 1 amide bonds. The summed E-state index contributed by atoms with van der Waals surface area (Å²) < 4.78 is 7.03. The Bertz CT molecular complexity index is 883. The number of hydrogen-bond donors (Lipinski definition) is 1. The third kappa shape index (κ3) is 3.96. The summed E-state index contributed by atoms with van der Waals surface area (Å²) in [6, 6.07) is 18.3. The molecule has 2 aromatic carbocycles. The fraction of sp³-hybridized carbons (Fsp3) is 0.0588. The van der Waals surface area contributed by atoms with Gasteiger partial charge in [0.05, 0.1) is 0 Å². The number of carbonyl (C=O) groups excluding carboxylic acids is 1. The maximum atomic E-state index is 12.0. The van der Waals surface area contributed by atoms with Crippen molar-refractivity contribution in [2.75, 3.05) is 5.32 Å². The molecule has 0 atom stereocenters. The van der Waals surface area contributed by atoms with Crippen LogP contribution in [0.15, 0.2) is 60.9 Å². The second kappa shape index (κ2) is 7.07. The van der Waals surface area contributed by atoms with Crippen LogP contribution in [-0.4, -0.2) is 20.7 Å². The van der Waals surface area contributed by atoms with E-state index in [0.717, 1.165) is 0 Å². The Hall–Kier alpha value is -3.66. The predicted octanol–water partition coefficient (Wildman–Crippen LogP) is 2.58. The lowest BCUT2D eigenvalue weighted by atomic mass is 10.3. The van der Waals surface area contributed by atoms with Gasteiger partial charge in [0.25, 0.3) is 5.82 Å². The second-order valence-electron chi connectivity index (χ2n) is 4.87. The number of nitrogens with zero attached hydrogens (tertiary/aromatic N) is 4. The van der Waals surface area contributed by atoms with Crippen LogP contribution in [0.4, 0.5) is 5.69 Å². The third-order valence-corrected chi connectivity index (χ3v) is 3.04. The van der Waals surface area contributed by atoms with Crippen molar-refractivity contribution in [3.8, 4) is 17.6 Å². The van der Waals surface area contributed by atoms with Crippen LogP contribution in [0.2, 0.25) is 0 Å². The minimum Gasteiger partial charge on any atom is -0.457 e. The average Bonchev–Trinajstić information content (AvgIpc) is 3.03. The van der Waals surface area contributed by atoms with Crippen molar-refractivity contribution in [2.24, 2.45) is 0 Å². The first-order valence-electron chi connectivity index (χ1n) is 7.15. The number of carbonyl (C=O) groups is 1. The van der Waals surface area contributed by atoms with Gasteiger partial charge in [-0.3, -0.25) is 4.79 Å². The Labute approximate surface area is 138 Å². The first kappa shape index (κ1) is 15.2. The maximum Gasteiger partial charge on any atom is 0.252 e. The minimum atomic E-state index is -0.277. The van der Waals surface area contributed by atoms with Gasteiger partial charge in [-0.1, -0.05) is 24.3 Å². The van der Waals surface area contributed by atoms with E-state index < -0.39 is 0 Å². The van der Waals surface area contributed by atoms with Gasteiger partial charge in [-0.05, 0) is 24.3 Å². The quantitative estimate of drug-likeness (QED) is 0.780. The molecular weight excluding hydrogens is 306 g/mol. The van der Waals surface area contributed by atoms with Gasteiger partial charge in [0.2, 0.25) is 5.91 Å². The summed E-state index contributed by atoms with van der Waals surface area (Å²) in [5, 5.41) is 15.3. The van der Waals surface area contributed by atoms with E-state index in [1.165, 1.54) is 11.0 Å². The van der Waals surface area contributed by atoms with Crippen molar-refractivity contribution in [3.05, 3.63) is 66.7 Å². The molecule has 0 saturated carbocycles. The zero-order valence-electron chi connectivity index (χ0n) is 12.6. The Morgan fingerprint density at radius 1 is 1.17 bits per heavy atom.